The van der Waals surface area contributed by atoms with E-state index in [0.29, 0.717) is 13.2 Å². The number of guanidine groups is 1. The van der Waals surface area contributed by atoms with Gasteiger partial charge in [-0.25, -0.2) is 4.99 Å². The number of piperidine rings is 1. The number of carbonyl (C=O) groups is 1. The Morgan fingerprint density at radius 2 is 2.21 bits per heavy atom. The molecule has 0 saturated carbocycles. The molecule has 0 spiro atoms. The van der Waals surface area contributed by atoms with Crippen LogP contribution in [0.5, 0.6) is 0 Å². The molecule has 1 aromatic carbocycles. The summed E-state index contributed by atoms with van der Waals surface area (Å²) < 4.78 is 5.18. The summed E-state index contributed by atoms with van der Waals surface area (Å²) in [5, 5.41) is 6.62. The molecule has 2 atom stereocenters. The summed E-state index contributed by atoms with van der Waals surface area (Å²) in [5.41, 5.74) is 7.90. The highest BCUT2D eigenvalue weighted by Gasteiger charge is 2.23. The molecule has 0 bridgehead atoms. The van der Waals surface area contributed by atoms with E-state index in [0.717, 1.165) is 50.5 Å². The van der Waals surface area contributed by atoms with Crippen LogP contribution in [0.3, 0.4) is 0 Å². The lowest BCUT2D eigenvalue weighted by molar-refractivity contribution is -0.123. The van der Waals surface area contributed by atoms with Gasteiger partial charge in [0.2, 0.25) is 5.91 Å². The van der Waals surface area contributed by atoms with Crippen molar-refractivity contribution in [2.24, 2.45) is 16.6 Å². The average Bonchev–Trinajstić information content (AvgIpc) is 2.67. The average molecular weight is 390 g/mol. The lowest BCUT2D eigenvalue weighted by atomic mass is 9.97. The number of amides is 1. The van der Waals surface area contributed by atoms with E-state index in [2.05, 4.69) is 53.6 Å². The molecule has 0 aliphatic carbocycles. The van der Waals surface area contributed by atoms with Gasteiger partial charge in [0.05, 0.1) is 19.1 Å². The predicted octanol–water partition coefficient (Wildman–Crippen LogP) is 1.47. The standard InChI is InChI=1S/C21H35N5O2/c1-4-23-21(25-16(2)15-28-3)24-12-17-7-5-8-18(11-17)13-26-10-6-9-19(14-26)20(22)27/h5,7-8,11,16,19H,4,6,9-10,12-15H2,1-3H3,(H2,22,27)(H2,23,24,25). The van der Waals surface area contributed by atoms with Gasteiger partial charge in [-0.05, 0) is 44.4 Å². The van der Waals surface area contributed by atoms with Crippen LogP contribution in [0, 0.1) is 5.92 Å². The molecular weight excluding hydrogens is 354 g/mol. The summed E-state index contributed by atoms with van der Waals surface area (Å²) in [4.78, 5) is 18.5. The molecule has 1 heterocycles. The van der Waals surface area contributed by atoms with Gasteiger partial charge < -0.3 is 21.1 Å². The first-order valence-corrected chi connectivity index (χ1v) is 10.1. The molecule has 28 heavy (non-hydrogen) atoms. The molecule has 2 rings (SSSR count). The number of hydrogen-bond acceptors (Lipinski definition) is 4. The molecule has 1 saturated heterocycles. The highest BCUT2D eigenvalue weighted by molar-refractivity contribution is 5.80. The number of primary amides is 1. The Morgan fingerprint density at radius 1 is 1.43 bits per heavy atom. The van der Waals surface area contributed by atoms with Crippen molar-refractivity contribution in [3.63, 3.8) is 0 Å². The van der Waals surface area contributed by atoms with Gasteiger partial charge in [0.1, 0.15) is 0 Å². The molecule has 1 fully saturated rings. The van der Waals surface area contributed by atoms with Gasteiger partial charge in [-0.2, -0.15) is 0 Å². The summed E-state index contributed by atoms with van der Waals surface area (Å²) in [7, 11) is 1.70. The van der Waals surface area contributed by atoms with Gasteiger partial charge in [0.15, 0.2) is 5.96 Å². The SMILES string of the molecule is CCNC(=NCc1cccc(CN2CCCC(C(N)=O)C2)c1)NC(C)COC. The van der Waals surface area contributed by atoms with E-state index in [1.807, 2.05) is 0 Å². The Balaban J connectivity index is 1.96. The zero-order valence-corrected chi connectivity index (χ0v) is 17.4. The highest BCUT2D eigenvalue weighted by atomic mass is 16.5. The van der Waals surface area contributed by atoms with Gasteiger partial charge >= 0.3 is 0 Å². The Morgan fingerprint density at radius 3 is 2.93 bits per heavy atom. The molecule has 1 aliphatic heterocycles. The second-order valence-corrected chi connectivity index (χ2v) is 7.49. The van der Waals surface area contributed by atoms with Crippen LogP contribution in [0.4, 0.5) is 0 Å². The number of nitrogens with zero attached hydrogens (tertiary/aromatic N) is 2. The quantitative estimate of drug-likeness (QED) is 0.439. The van der Waals surface area contributed by atoms with Crippen molar-refractivity contribution in [3.8, 4) is 0 Å². The largest absolute Gasteiger partial charge is 0.383 e. The highest BCUT2D eigenvalue weighted by Crippen LogP contribution is 2.19. The number of carbonyl (C=O) groups excluding carboxylic acids is 1. The van der Waals surface area contributed by atoms with Gasteiger partial charge in [0.25, 0.3) is 0 Å². The smallest absolute Gasteiger partial charge is 0.221 e. The van der Waals surface area contributed by atoms with Crippen LogP contribution in [0.1, 0.15) is 37.8 Å². The second-order valence-electron chi connectivity index (χ2n) is 7.49. The first-order chi connectivity index (χ1) is 13.5. The molecule has 1 amide bonds. The molecule has 4 N–H and O–H groups in total. The molecule has 1 aliphatic rings. The van der Waals surface area contributed by atoms with Gasteiger partial charge in [-0.3, -0.25) is 9.69 Å². The number of aliphatic imine (C=N–C) groups is 1. The van der Waals surface area contributed by atoms with E-state index >= 15 is 0 Å². The van der Waals surface area contributed by atoms with Crippen molar-refractivity contribution in [3.05, 3.63) is 35.4 Å². The fraction of sp³-hybridized carbons (Fsp3) is 0.619. The minimum absolute atomic E-state index is 0.0237. The third-order valence-corrected chi connectivity index (χ3v) is 4.87. The number of benzene rings is 1. The summed E-state index contributed by atoms with van der Waals surface area (Å²) >= 11 is 0. The summed E-state index contributed by atoms with van der Waals surface area (Å²) in [6.07, 6.45) is 1.93. The van der Waals surface area contributed by atoms with Crippen LogP contribution in [0.25, 0.3) is 0 Å². The van der Waals surface area contributed by atoms with E-state index < -0.39 is 0 Å². The number of methoxy groups -OCH3 is 1. The molecule has 7 nitrogen and oxygen atoms in total. The van der Waals surface area contributed by atoms with E-state index in [-0.39, 0.29) is 17.9 Å². The van der Waals surface area contributed by atoms with Crippen LogP contribution in [0.2, 0.25) is 0 Å². The van der Waals surface area contributed by atoms with E-state index in [1.54, 1.807) is 7.11 Å². The fourth-order valence-electron chi connectivity index (χ4n) is 3.53. The second kappa shape index (κ2) is 11.7. The molecule has 0 radical (unpaired) electrons. The third kappa shape index (κ3) is 7.48. The van der Waals surface area contributed by atoms with Crippen molar-refractivity contribution in [2.75, 3.05) is 33.4 Å². The van der Waals surface area contributed by atoms with Gasteiger partial charge in [-0.1, -0.05) is 24.3 Å². The minimum Gasteiger partial charge on any atom is -0.383 e. The Hall–Kier alpha value is -2.12. The molecule has 2 unspecified atom stereocenters. The maximum atomic E-state index is 11.5. The monoisotopic (exact) mass is 389 g/mol. The Labute approximate surface area is 168 Å². The first kappa shape index (κ1) is 22.2. The summed E-state index contributed by atoms with van der Waals surface area (Å²) in [6.45, 7) is 8.76. The van der Waals surface area contributed by atoms with Crippen LogP contribution in [0.15, 0.2) is 29.3 Å². The van der Waals surface area contributed by atoms with Crippen molar-refractivity contribution in [1.29, 1.82) is 0 Å². The fourth-order valence-corrected chi connectivity index (χ4v) is 3.53. The third-order valence-electron chi connectivity index (χ3n) is 4.87. The van der Waals surface area contributed by atoms with Crippen molar-refractivity contribution in [2.45, 2.75) is 45.8 Å². The van der Waals surface area contributed by atoms with Gasteiger partial charge in [-0.15, -0.1) is 0 Å². The molecule has 7 heteroatoms. The molecule has 0 aromatic heterocycles. The maximum absolute atomic E-state index is 11.5. The number of ether oxygens (including phenoxy) is 1. The van der Waals surface area contributed by atoms with Crippen LogP contribution in [-0.2, 0) is 22.6 Å². The topological polar surface area (TPSA) is 92.0 Å². The number of rotatable bonds is 9. The maximum Gasteiger partial charge on any atom is 0.221 e. The zero-order chi connectivity index (χ0) is 20.4. The predicted molar refractivity (Wildman–Crippen MR) is 113 cm³/mol. The molecular formula is C21H35N5O2. The van der Waals surface area contributed by atoms with E-state index in [4.69, 9.17) is 15.5 Å². The molecule has 1 aromatic rings. The van der Waals surface area contributed by atoms with Crippen molar-refractivity contribution >= 4 is 11.9 Å². The van der Waals surface area contributed by atoms with E-state index in [1.165, 1.54) is 5.56 Å². The number of nitrogens with one attached hydrogen (secondary N) is 2. The molecule has 156 valence electrons. The number of likely N-dealkylation sites (tertiary alicyclic amines) is 1. The minimum atomic E-state index is -0.182. The van der Waals surface area contributed by atoms with Crippen molar-refractivity contribution in [1.82, 2.24) is 15.5 Å². The van der Waals surface area contributed by atoms with Crippen LogP contribution < -0.4 is 16.4 Å². The normalized spacial score (nSPS) is 19.2. The summed E-state index contributed by atoms with van der Waals surface area (Å²) in [5.74, 6) is 0.584. The Bertz CT molecular complexity index is 649. The zero-order valence-electron chi connectivity index (χ0n) is 17.4. The van der Waals surface area contributed by atoms with E-state index in [9.17, 15) is 4.79 Å². The lowest BCUT2D eigenvalue weighted by Gasteiger charge is -2.31. The van der Waals surface area contributed by atoms with Crippen molar-refractivity contribution < 1.29 is 9.53 Å². The first-order valence-electron chi connectivity index (χ1n) is 10.1. The number of hydrogen-bond donors (Lipinski definition) is 3. The summed E-state index contributed by atoms with van der Waals surface area (Å²) in [6, 6.07) is 8.68. The van der Waals surface area contributed by atoms with Crippen LogP contribution >= 0.6 is 0 Å². The van der Waals surface area contributed by atoms with Gasteiger partial charge in [0, 0.05) is 32.8 Å². The number of nitrogens with two attached hydrogens (primary N) is 1. The lowest BCUT2D eigenvalue weighted by Crippen LogP contribution is -2.43. The van der Waals surface area contributed by atoms with Crippen LogP contribution in [-0.4, -0.2) is 56.2 Å². The Kier molecular flexibility index (Phi) is 9.23.